The zero-order valence-electron chi connectivity index (χ0n) is 17.0. The van der Waals surface area contributed by atoms with Gasteiger partial charge >= 0.3 is 0 Å². The fourth-order valence-electron chi connectivity index (χ4n) is 2.63. The van der Waals surface area contributed by atoms with Gasteiger partial charge in [-0.1, -0.05) is 39.8 Å². The van der Waals surface area contributed by atoms with Gasteiger partial charge in [-0.25, -0.2) is 4.98 Å². The second kappa shape index (κ2) is 7.79. The SMILES string of the molecule is Cc1nc(C(C)(C)C)sc1C(=O)NC(c1nc(-c2ccncc2)no1)C(C)C. The molecule has 148 valence electrons. The molecule has 3 heterocycles. The van der Waals surface area contributed by atoms with Crippen LogP contribution in [0.15, 0.2) is 29.0 Å². The minimum atomic E-state index is -0.393. The number of pyridine rings is 1. The average Bonchev–Trinajstić information content (AvgIpc) is 3.26. The van der Waals surface area contributed by atoms with Gasteiger partial charge in [0.15, 0.2) is 0 Å². The average molecular weight is 400 g/mol. The molecule has 7 nitrogen and oxygen atoms in total. The summed E-state index contributed by atoms with van der Waals surface area (Å²) in [4.78, 5) is 26.6. The monoisotopic (exact) mass is 399 g/mol. The Morgan fingerprint density at radius 1 is 1.18 bits per heavy atom. The first-order valence-electron chi connectivity index (χ1n) is 9.19. The lowest BCUT2D eigenvalue weighted by molar-refractivity contribution is 0.0917. The van der Waals surface area contributed by atoms with Gasteiger partial charge in [-0.15, -0.1) is 11.3 Å². The molecule has 0 aromatic carbocycles. The topological polar surface area (TPSA) is 93.8 Å². The van der Waals surface area contributed by atoms with Crippen molar-refractivity contribution < 1.29 is 9.32 Å². The summed E-state index contributed by atoms with van der Waals surface area (Å²) in [6.45, 7) is 12.1. The Kier molecular flexibility index (Phi) is 5.60. The van der Waals surface area contributed by atoms with Crippen molar-refractivity contribution in [1.29, 1.82) is 0 Å². The van der Waals surface area contributed by atoms with E-state index in [1.54, 1.807) is 12.4 Å². The van der Waals surface area contributed by atoms with Crippen LogP contribution < -0.4 is 5.32 Å². The van der Waals surface area contributed by atoms with Crippen molar-refractivity contribution >= 4 is 17.2 Å². The molecule has 0 fully saturated rings. The van der Waals surface area contributed by atoms with E-state index in [2.05, 4.69) is 46.2 Å². The molecular weight excluding hydrogens is 374 g/mol. The lowest BCUT2D eigenvalue weighted by Gasteiger charge is -2.18. The molecule has 0 aliphatic rings. The van der Waals surface area contributed by atoms with Crippen LogP contribution in [0.3, 0.4) is 0 Å². The highest BCUT2D eigenvalue weighted by Crippen LogP contribution is 2.30. The number of aryl methyl sites for hydroxylation is 1. The van der Waals surface area contributed by atoms with Crippen LogP contribution in [-0.4, -0.2) is 26.0 Å². The minimum Gasteiger partial charge on any atom is -0.339 e. The Morgan fingerprint density at radius 2 is 1.86 bits per heavy atom. The van der Waals surface area contributed by atoms with E-state index in [9.17, 15) is 4.79 Å². The van der Waals surface area contributed by atoms with E-state index in [1.165, 1.54) is 11.3 Å². The molecule has 0 radical (unpaired) electrons. The number of hydrogen-bond acceptors (Lipinski definition) is 7. The van der Waals surface area contributed by atoms with Crippen molar-refractivity contribution in [2.24, 2.45) is 5.92 Å². The summed E-state index contributed by atoms with van der Waals surface area (Å²) < 4.78 is 5.46. The molecule has 1 unspecified atom stereocenters. The van der Waals surface area contributed by atoms with Crippen molar-refractivity contribution in [2.75, 3.05) is 0 Å². The number of rotatable bonds is 5. The van der Waals surface area contributed by atoms with Crippen LogP contribution in [-0.2, 0) is 5.41 Å². The molecule has 8 heteroatoms. The largest absolute Gasteiger partial charge is 0.339 e. The zero-order chi connectivity index (χ0) is 20.5. The molecular formula is C20H25N5O2S. The van der Waals surface area contributed by atoms with Crippen molar-refractivity contribution in [3.05, 3.63) is 46.0 Å². The maximum absolute atomic E-state index is 12.9. The molecule has 1 atom stereocenters. The van der Waals surface area contributed by atoms with E-state index in [1.807, 2.05) is 32.9 Å². The quantitative estimate of drug-likeness (QED) is 0.687. The molecule has 3 aromatic heterocycles. The molecule has 28 heavy (non-hydrogen) atoms. The molecule has 3 rings (SSSR count). The van der Waals surface area contributed by atoms with Crippen LogP contribution in [0.1, 0.15) is 66.9 Å². The smallest absolute Gasteiger partial charge is 0.263 e. The Bertz CT molecular complexity index is 957. The third kappa shape index (κ3) is 4.27. The number of nitrogens with zero attached hydrogens (tertiary/aromatic N) is 4. The zero-order valence-corrected chi connectivity index (χ0v) is 17.8. The highest BCUT2D eigenvalue weighted by molar-refractivity contribution is 7.14. The normalized spacial score (nSPS) is 13.0. The predicted molar refractivity (Wildman–Crippen MR) is 108 cm³/mol. The molecule has 0 spiro atoms. The Hall–Kier alpha value is -2.61. The van der Waals surface area contributed by atoms with Gasteiger partial charge in [-0.3, -0.25) is 9.78 Å². The van der Waals surface area contributed by atoms with Crippen LogP contribution in [0.5, 0.6) is 0 Å². The van der Waals surface area contributed by atoms with Crippen LogP contribution in [0.25, 0.3) is 11.4 Å². The first-order valence-corrected chi connectivity index (χ1v) is 10.0. The fourth-order valence-corrected chi connectivity index (χ4v) is 3.66. The summed E-state index contributed by atoms with van der Waals surface area (Å²) in [5.74, 6) is 0.757. The van der Waals surface area contributed by atoms with Crippen molar-refractivity contribution in [2.45, 2.75) is 53.0 Å². The molecule has 0 aliphatic heterocycles. The van der Waals surface area contributed by atoms with E-state index in [0.717, 1.165) is 16.3 Å². The third-order valence-electron chi connectivity index (χ3n) is 4.24. The van der Waals surface area contributed by atoms with E-state index in [4.69, 9.17) is 4.52 Å². The van der Waals surface area contributed by atoms with Crippen molar-refractivity contribution in [3.8, 4) is 11.4 Å². The summed E-state index contributed by atoms with van der Waals surface area (Å²) >= 11 is 1.43. The molecule has 0 saturated carbocycles. The number of hydrogen-bond donors (Lipinski definition) is 1. The van der Waals surface area contributed by atoms with Crippen LogP contribution in [0.4, 0.5) is 0 Å². The summed E-state index contributed by atoms with van der Waals surface area (Å²) in [5.41, 5.74) is 1.45. The molecule has 1 N–H and O–H groups in total. The molecule has 0 aliphatic carbocycles. The number of nitrogens with one attached hydrogen (secondary N) is 1. The highest BCUT2D eigenvalue weighted by Gasteiger charge is 2.28. The molecule has 0 saturated heterocycles. The maximum Gasteiger partial charge on any atom is 0.263 e. The lowest BCUT2D eigenvalue weighted by Crippen LogP contribution is -2.32. The van der Waals surface area contributed by atoms with E-state index < -0.39 is 6.04 Å². The second-order valence-corrected chi connectivity index (χ2v) is 9.07. The number of aromatic nitrogens is 4. The van der Waals surface area contributed by atoms with E-state index in [-0.39, 0.29) is 17.2 Å². The number of carbonyl (C=O) groups is 1. The van der Waals surface area contributed by atoms with E-state index in [0.29, 0.717) is 16.6 Å². The minimum absolute atomic E-state index is 0.0741. The summed E-state index contributed by atoms with van der Waals surface area (Å²) in [6.07, 6.45) is 3.35. The van der Waals surface area contributed by atoms with Crippen LogP contribution >= 0.6 is 11.3 Å². The van der Waals surface area contributed by atoms with Gasteiger partial charge in [0.2, 0.25) is 11.7 Å². The van der Waals surface area contributed by atoms with Gasteiger partial charge in [0.1, 0.15) is 10.9 Å². The van der Waals surface area contributed by atoms with Gasteiger partial charge < -0.3 is 9.84 Å². The summed E-state index contributed by atoms with van der Waals surface area (Å²) in [7, 11) is 0. The molecule has 3 aromatic rings. The summed E-state index contributed by atoms with van der Waals surface area (Å²) in [6, 6.07) is 3.23. The standard InChI is InChI=1S/C20H25N5O2S/c1-11(2)14(18-24-16(25-27-18)13-7-9-21-10-8-13)23-17(26)15-12(3)22-19(28-15)20(4,5)6/h7-11,14H,1-6H3,(H,23,26). The number of thiazole rings is 1. The predicted octanol–water partition coefficient (Wildman–Crippen LogP) is 4.32. The highest BCUT2D eigenvalue weighted by atomic mass is 32.1. The van der Waals surface area contributed by atoms with Gasteiger partial charge in [0, 0.05) is 23.4 Å². The lowest BCUT2D eigenvalue weighted by atomic mass is 9.98. The van der Waals surface area contributed by atoms with Crippen LogP contribution in [0.2, 0.25) is 0 Å². The molecule has 0 bridgehead atoms. The molecule has 1 amide bonds. The first kappa shape index (κ1) is 20.1. The van der Waals surface area contributed by atoms with Gasteiger partial charge in [-0.2, -0.15) is 4.98 Å². The third-order valence-corrected chi connectivity index (χ3v) is 5.83. The number of carbonyl (C=O) groups excluding carboxylic acids is 1. The fraction of sp³-hybridized carbons (Fsp3) is 0.450. The first-order chi connectivity index (χ1) is 13.2. The van der Waals surface area contributed by atoms with Crippen molar-refractivity contribution in [1.82, 2.24) is 25.4 Å². The van der Waals surface area contributed by atoms with Gasteiger partial charge in [-0.05, 0) is 25.0 Å². The van der Waals surface area contributed by atoms with Gasteiger partial charge in [0.05, 0.1) is 10.7 Å². The maximum atomic E-state index is 12.9. The van der Waals surface area contributed by atoms with E-state index >= 15 is 0 Å². The second-order valence-electron chi connectivity index (χ2n) is 8.07. The summed E-state index contributed by atoms with van der Waals surface area (Å²) in [5, 5.41) is 8.03. The van der Waals surface area contributed by atoms with Gasteiger partial charge in [0.25, 0.3) is 5.91 Å². The Labute approximate surface area is 168 Å². The van der Waals surface area contributed by atoms with Crippen molar-refractivity contribution in [3.63, 3.8) is 0 Å². The van der Waals surface area contributed by atoms with Crippen LogP contribution in [0, 0.1) is 12.8 Å². The Morgan fingerprint density at radius 3 is 2.43 bits per heavy atom. The Balaban J connectivity index is 1.84. The number of amides is 1.